The summed E-state index contributed by atoms with van der Waals surface area (Å²) >= 11 is 1.66. The van der Waals surface area contributed by atoms with Crippen molar-refractivity contribution in [1.82, 2.24) is 15.2 Å². The number of nitrogen functional groups attached to an aromatic ring is 1. The third-order valence-electron chi connectivity index (χ3n) is 7.02. The number of rotatable bonds is 6. The Hall–Kier alpha value is -2.74. The lowest BCUT2D eigenvalue weighted by atomic mass is 9.86. The molecule has 4 heterocycles. The first-order valence-corrected chi connectivity index (χ1v) is 12.7. The Labute approximate surface area is 199 Å². The van der Waals surface area contributed by atoms with Gasteiger partial charge in [0.25, 0.3) is 5.91 Å². The maximum Gasteiger partial charge on any atom is 0.257 e. The minimum atomic E-state index is -0.200. The number of amides is 1. The fourth-order valence-corrected chi connectivity index (χ4v) is 5.66. The number of carbonyl (C=O) groups excluding carboxylic acids is 1. The molecule has 0 unspecified atom stereocenters. The molecule has 0 radical (unpaired) electrons. The van der Waals surface area contributed by atoms with Gasteiger partial charge in [0.15, 0.2) is 0 Å². The molecule has 2 aromatic heterocycles. The van der Waals surface area contributed by atoms with E-state index in [4.69, 9.17) is 5.73 Å². The molecule has 1 amide bonds. The number of likely N-dealkylation sites (tertiary alicyclic amines) is 1. The number of hydrogen-bond donors (Lipinski definition) is 3. The third-order valence-corrected chi connectivity index (χ3v) is 7.94. The lowest BCUT2D eigenvalue weighted by molar-refractivity contribution is 0.102. The van der Waals surface area contributed by atoms with Crippen molar-refractivity contribution in [3.63, 3.8) is 0 Å². The molecule has 6 nitrogen and oxygen atoms in total. The highest BCUT2D eigenvalue weighted by atomic mass is 32.1. The Bertz CT molecular complexity index is 1080. The number of piperidine rings is 1. The van der Waals surface area contributed by atoms with E-state index in [0.717, 1.165) is 42.2 Å². The second-order valence-corrected chi connectivity index (χ2v) is 10.1. The first-order valence-electron chi connectivity index (χ1n) is 11.8. The SMILES string of the molecule is Nc1ccc(-c2cccs2)cc1NC(=O)c1ccc(CCN2CCC3(CCCN3)CC2)nc1. The van der Waals surface area contributed by atoms with Gasteiger partial charge in [0.2, 0.25) is 0 Å². The Morgan fingerprint density at radius 3 is 2.76 bits per heavy atom. The second kappa shape index (κ2) is 9.63. The summed E-state index contributed by atoms with van der Waals surface area (Å²) in [5, 5.41) is 8.71. The van der Waals surface area contributed by atoms with Crippen LogP contribution in [-0.4, -0.2) is 47.5 Å². The van der Waals surface area contributed by atoms with Crippen molar-refractivity contribution >= 4 is 28.6 Å². The van der Waals surface area contributed by atoms with Crippen LogP contribution in [0.25, 0.3) is 10.4 Å². The number of hydrogen-bond acceptors (Lipinski definition) is 6. The van der Waals surface area contributed by atoms with Gasteiger partial charge < -0.3 is 21.3 Å². The Kier molecular flexibility index (Phi) is 6.44. The van der Waals surface area contributed by atoms with Crippen molar-refractivity contribution < 1.29 is 4.79 Å². The van der Waals surface area contributed by atoms with Crippen LogP contribution in [0, 0.1) is 0 Å². The van der Waals surface area contributed by atoms with E-state index in [1.807, 2.05) is 41.8 Å². The van der Waals surface area contributed by atoms with E-state index in [0.29, 0.717) is 22.5 Å². The van der Waals surface area contributed by atoms with Gasteiger partial charge in [-0.1, -0.05) is 12.1 Å². The number of aromatic nitrogens is 1. The van der Waals surface area contributed by atoms with Crippen LogP contribution in [0.2, 0.25) is 0 Å². The molecule has 0 atom stereocenters. The van der Waals surface area contributed by atoms with E-state index in [-0.39, 0.29) is 5.91 Å². The fourth-order valence-electron chi connectivity index (χ4n) is 4.93. The molecule has 3 aromatic rings. The van der Waals surface area contributed by atoms with Gasteiger partial charge in [-0.25, -0.2) is 0 Å². The largest absolute Gasteiger partial charge is 0.397 e. The highest BCUT2D eigenvalue weighted by Crippen LogP contribution is 2.31. The predicted octanol–water partition coefficient (Wildman–Crippen LogP) is 4.41. The van der Waals surface area contributed by atoms with Crippen LogP contribution >= 0.6 is 11.3 Å². The van der Waals surface area contributed by atoms with Gasteiger partial charge >= 0.3 is 0 Å². The first kappa shape index (κ1) is 22.1. The zero-order chi connectivity index (χ0) is 22.7. The number of anilines is 2. The summed E-state index contributed by atoms with van der Waals surface area (Å²) in [6, 6.07) is 13.6. The van der Waals surface area contributed by atoms with Crippen LogP contribution < -0.4 is 16.4 Å². The standard InChI is InChI=1S/C26H31N5OS/c27-22-7-5-19(24-3-1-16-33-24)17-23(22)30-25(32)20-4-6-21(28-18-20)8-13-31-14-10-26(11-15-31)9-2-12-29-26/h1,3-7,16-18,29H,2,8-15,27H2,(H,30,32). The molecule has 2 fully saturated rings. The van der Waals surface area contributed by atoms with E-state index in [9.17, 15) is 4.79 Å². The number of benzene rings is 1. The fraction of sp³-hybridized carbons (Fsp3) is 0.385. The monoisotopic (exact) mass is 461 g/mol. The van der Waals surface area contributed by atoms with Gasteiger partial charge in [0, 0.05) is 35.3 Å². The summed E-state index contributed by atoms with van der Waals surface area (Å²) in [6.07, 6.45) is 7.70. The van der Waals surface area contributed by atoms with Gasteiger partial charge in [-0.15, -0.1) is 11.3 Å². The average molecular weight is 462 g/mol. The molecule has 7 heteroatoms. The third kappa shape index (κ3) is 5.11. The highest BCUT2D eigenvalue weighted by Gasteiger charge is 2.36. The zero-order valence-electron chi connectivity index (χ0n) is 18.8. The molecule has 5 rings (SSSR count). The topological polar surface area (TPSA) is 83.3 Å². The molecule has 4 N–H and O–H groups in total. The molecule has 0 saturated carbocycles. The first-order chi connectivity index (χ1) is 16.1. The van der Waals surface area contributed by atoms with E-state index in [1.54, 1.807) is 17.5 Å². The van der Waals surface area contributed by atoms with Gasteiger partial charge in [-0.05, 0) is 86.6 Å². The number of nitrogens with zero attached hydrogens (tertiary/aromatic N) is 2. The number of thiophene rings is 1. The molecule has 1 spiro atoms. The Morgan fingerprint density at radius 1 is 1.18 bits per heavy atom. The molecule has 0 aliphatic carbocycles. The lowest BCUT2D eigenvalue weighted by Crippen LogP contribution is -2.50. The summed E-state index contributed by atoms with van der Waals surface area (Å²) in [7, 11) is 0. The number of nitrogens with two attached hydrogens (primary N) is 1. The molecule has 1 aromatic carbocycles. The maximum atomic E-state index is 12.8. The number of carbonyl (C=O) groups is 1. The van der Waals surface area contributed by atoms with E-state index < -0.39 is 0 Å². The number of nitrogens with one attached hydrogen (secondary N) is 2. The summed E-state index contributed by atoms with van der Waals surface area (Å²) < 4.78 is 0. The van der Waals surface area contributed by atoms with Crippen LogP contribution in [-0.2, 0) is 6.42 Å². The lowest BCUT2D eigenvalue weighted by Gasteiger charge is -2.39. The molecular weight excluding hydrogens is 430 g/mol. The molecule has 172 valence electrons. The molecular formula is C26H31N5OS. The zero-order valence-corrected chi connectivity index (χ0v) is 19.7. The smallest absolute Gasteiger partial charge is 0.257 e. The Morgan fingerprint density at radius 2 is 2.06 bits per heavy atom. The highest BCUT2D eigenvalue weighted by molar-refractivity contribution is 7.13. The van der Waals surface area contributed by atoms with E-state index in [2.05, 4.69) is 26.6 Å². The molecule has 0 bridgehead atoms. The van der Waals surface area contributed by atoms with Crippen LogP contribution in [0.15, 0.2) is 54.0 Å². The van der Waals surface area contributed by atoms with Crippen LogP contribution in [0.3, 0.4) is 0 Å². The predicted molar refractivity (Wildman–Crippen MR) is 136 cm³/mol. The Balaban J connectivity index is 1.15. The summed E-state index contributed by atoms with van der Waals surface area (Å²) in [5.41, 5.74) is 10.3. The minimum Gasteiger partial charge on any atom is -0.397 e. The van der Waals surface area contributed by atoms with Crippen LogP contribution in [0.1, 0.15) is 41.7 Å². The van der Waals surface area contributed by atoms with Crippen molar-refractivity contribution in [2.45, 2.75) is 37.6 Å². The summed E-state index contributed by atoms with van der Waals surface area (Å²) in [6.45, 7) is 4.50. The second-order valence-electron chi connectivity index (χ2n) is 9.17. The average Bonchev–Trinajstić information content (AvgIpc) is 3.54. The van der Waals surface area contributed by atoms with Crippen LogP contribution in [0.5, 0.6) is 0 Å². The van der Waals surface area contributed by atoms with Crippen LogP contribution in [0.4, 0.5) is 11.4 Å². The summed E-state index contributed by atoms with van der Waals surface area (Å²) in [4.78, 5) is 21.0. The summed E-state index contributed by atoms with van der Waals surface area (Å²) in [5.74, 6) is -0.200. The van der Waals surface area contributed by atoms with Gasteiger partial charge in [-0.2, -0.15) is 0 Å². The van der Waals surface area contributed by atoms with E-state index in [1.165, 1.54) is 32.2 Å². The molecule has 2 saturated heterocycles. The van der Waals surface area contributed by atoms with Crippen molar-refractivity contribution in [2.24, 2.45) is 0 Å². The number of pyridine rings is 1. The van der Waals surface area contributed by atoms with Gasteiger partial charge in [0.05, 0.1) is 16.9 Å². The van der Waals surface area contributed by atoms with Crippen molar-refractivity contribution in [2.75, 3.05) is 37.2 Å². The quantitative estimate of drug-likeness (QED) is 0.474. The van der Waals surface area contributed by atoms with Crippen molar-refractivity contribution in [3.8, 4) is 10.4 Å². The maximum absolute atomic E-state index is 12.8. The van der Waals surface area contributed by atoms with E-state index >= 15 is 0 Å². The van der Waals surface area contributed by atoms with Gasteiger partial charge in [-0.3, -0.25) is 9.78 Å². The normalized spacial score (nSPS) is 17.9. The molecule has 33 heavy (non-hydrogen) atoms. The molecule has 2 aliphatic rings. The molecule has 2 aliphatic heterocycles. The minimum absolute atomic E-state index is 0.200. The van der Waals surface area contributed by atoms with Crippen molar-refractivity contribution in [3.05, 3.63) is 65.3 Å². The van der Waals surface area contributed by atoms with Crippen molar-refractivity contribution in [1.29, 1.82) is 0 Å². The van der Waals surface area contributed by atoms with Gasteiger partial charge in [0.1, 0.15) is 0 Å².